The summed E-state index contributed by atoms with van der Waals surface area (Å²) >= 11 is 0. The number of amides is 1. The predicted molar refractivity (Wildman–Crippen MR) is 90.1 cm³/mol. The van der Waals surface area contributed by atoms with Gasteiger partial charge in [-0.3, -0.25) is 4.79 Å². The summed E-state index contributed by atoms with van der Waals surface area (Å²) in [6, 6.07) is 7.33. The van der Waals surface area contributed by atoms with E-state index in [2.05, 4.69) is 15.4 Å². The molecular formula is C18H22N4O3. The van der Waals surface area contributed by atoms with Crippen LogP contribution in [0.25, 0.3) is 0 Å². The van der Waals surface area contributed by atoms with E-state index in [1.54, 1.807) is 17.0 Å². The normalized spacial score (nSPS) is 24.0. The van der Waals surface area contributed by atoms with Crippen LogP contribution in [0.5, 0.6) is 5.75 Å². The zero-order valence-electron chi connectivity index (χ0n) is 14.0. The molecule has 1 aliphatic carbocycles. The predicted octanol–water partition coefficient (Wildman–Crippen LogP) is 1.86. The molecule has 0 radical (unpaired) electrons. The molecule has 2 N–H and O–H groups in total. The van der Waals surface area contributed by atoms with E-state index < -0.39 is 5.60 Å². The Hall–Kier alpha value is -2.41. The van der Waals surface area contributed by atoms with Crippen molar-refractivity contribution >= 4 is 5.91 Å². The molecule has 0 spiro atoms. The molecule has 0 bridgehead atoms. The molecule has 1 aliphatic heterocycles. The second kappa shape index (κ2) is 6.48. The van der Waals surface area contributed by atoms with E-state index in [0.29, 0.717) is 24.2 Å². The van der Waals surface area contributed by atoms with Crippen molar-refractivity contribution in [2.45, 2.75) is 43.8 Å². The van der Waals surface area contributed by atoms with Gasteiger partial charge in [-0.2, -0.15) is 15.4 Å². The molecule has 0 unspecified atom stereocenters. The number of carbonyl (C=O) groups is 1. The second-order valence-corrected chi connectivity index (χ2v) is 6.92. The van der Waals surface area contributed by atoms with E-state index in [1.807, 2.05) is 12.1 Å². The van der Waals surface area contributed by atoms with Crippen LogP contribution in [-0.2, 0) is 5.60 Å². The second-order valence-electron chi connectivity index (χ2n) is 6.92. The molecule has 1 saturated heterocycles. The van der Waals surface area contributed by atoms with Crippen LogP contribution in [0.15, 0.2) is 30.5 Å². The number of aromatic nitrogens is 3. The van der Waals surface area contributed by atoms with Crippen LogP contribution in [0.1, 0.15) is 48.2 Å². The van der Waals surface area contributed by atoms with Crippen LogP contribution < -0.4 is 4.74 Å². The Kier molecular flexibility index (Phi) is 4.17. The number of hydrogen-bond donors (Lipinski definition) is 2. The molecular weight excluding hydrogens is 320 g/mol. The van der Waals surface area contributed by atoms with Crippen molar-refractivity contribution in [3.8, 4) is 5.75 Å². The molecule has 1 aromatic heterocycles. The number of H-pyrrole nitrogens is 1. The third-order valence-electron chi connectivity index (χ3n) is 5.11. The number of nitrogens with zero attached hydrogens (tertiary/aromatic N) is 3. The summed E-state index contributed by atoms with van der Waals surface area (Å²) in [5.74, 6) is 0.639. The molecule has 7 nitrogen and oxygen atoms in total. The maximum Gasteiger partial charge on any atom is 0.254 e. The Balaban J connectivity index is 1.46. The van der Waals surface area contributed by atoms with E-state index in [-0.39, 0.29) is 18.6 Å². The Bertz CT molecular complexity index is 743. The summed E-state index contributed by atoms with van der Waals surface area (Å²) in [4.78, 5) is 14.5. The van der Waals surface area contributed by atoms with E-state index >= 15 is 0 Å². The monoisotopic (exact) mass is 342 g/mol. The van der Waals surface area contributed by atoms with Gasteiger partial charge in [0, 0.05) is 18.5 Å². The summed E-state index contributed by atoms with van der Waals surface area (Å²) in [6.07, 6.45) is 6.78. The van der Waals surface area contributed by atoms with E-state index in [9.17, 15) is 9.90 Å². The lowest BCUT2D eigenvalue weighted by molar-refractivity contribution is 0.0382. The minimum Gasteiger partial charge on any atom is -0.490 e. The van der Waals surface area contributed by atoms with Crippen molar-refractivity contribution in [1.29, 1.82) is 0 Å². The van der Waals surface area contributed by atoms with Gasteiger partial charge in [0.25, 0.3) is 5.91 Å². The van der Waals surface area contributed by atoms with Crippen LogP contribution in [0.2, 0.25) is 0 Å². The van der Waals surface area contributed by atoms with Gasteiger partial charge in [0.2, 0.25) is 0 Å². The third kappa shape index (κ3) is 3.24. The molecule has 132 valence electrons. The summed E-state index contributed by atoms with van der Waals surface area (Å²) in [5.41, 5.74) is -0.0818. The first kappa shape index (κ1) is 16.1. The summed E-state index contributed by atoms with van der Waals surface area (Å²) in [5, 5.41) is 20.9. The Morgan fingerprint density at radius 3 is 2.96 bits per heavy atom. The van der Waals surface area contributed by atoms with Crippen molar-refractivity contribution in [2.24, 2.45) is 0 Å². The van der Waals surface area contributed by atoms with Gasteiger partial charge in [0.15, 0.2) is 0 Å². The number of likely N-dealkylation sites (tertiary alicyclic amines) is 1. The first-order chi connectivity index (χ1) is 12.1. The van der Waals surface area contributed by atoms with E-state index in [4.69, 9.17) is 4.74 Å². The third-order valence-corrected chi connectivity index (χ3v) is 5.11. The van der Waals surface area contributed by atoms with Crippen molar-refractivity contribution in [2.75, 3.05) is 13.1 Å². The molecule has 2 aliphatic rings. The van der Waals surface area contributed by atoms with Gasteiger partial charge < -0.3 is 14.7 Å². The van der Waals surface area contributed by atoms with Gasteiger partial charge in [0.1, 0.15) is 17.0 Å². The Labute approximate surface area is 146 Å². The summed E-state index contributed by atoms with van der Waals surface area (Å²) in [6.45, 7) is 0.696. The highest BCUT2D eigenvalue weighted by atomic mass is 16.5. The number of carbonyl (C=O) groups excluding carboxylic acids is 1. The van der Waals surface area contributed by atoms with Gasteiger partial charge in [-0.05, 0) is 43.9 Å². The highest BCUT2D eigenvalue weighted by molar-refractivity contribution is 5.94. The Morgan fingerprint density at radius 1 is 1.36 bits per heavy atom. The zero-order valence-corrected chi connectivity index (χ0v) is 14.0. The molecule has 2 fully saturated rings. The molecule has 2 aromatic rings. The maximum absolute atomic E-state index is 12.8. The fourth-order valence-electron chi connectivity index (χ4n) is 3.69. The van der Waals surface area contributed by atoms with Gasteiger partial charge in [0.05, 0.1) is 18.8 Å². The lowest BCUT2D eigenvalue weighted by atomic mass is 10.00. The summed E-state index contributed by atoms with van der Waals surface area (Å²) in [7, 11) is 0. The molecule has 25 heavy (non-hydrogen) atoms. The highest BCUT2D eigenvalue weighted by Crippen LogP contribution is 2.31. The topological polar surface area (TPSA) is 91.3 Å². The van der Waals surface area contributed by atoms with Crippen molar-refractivity contribution in [3.05, 3.63) is 41.7 Å². The lowest BCUT2D eigenvalue weighted by Crippen LogP contribution is -2.34. The van der Waals surface area contributed by atoms with Crippen LogP contribution in [0.3, 0.4) is 0 Å². The SMILES string of the molecule is O=C(c1cccc(OC2CCCC2)c1)N1CC[C@@](O)(c2cn[nH]n2)C1. The van der Waals surface area contributed by atoms with Crippen LogP contribution in [0, 0.1) is 0 Å². The van der Waals surface area contributed by atoms with E-state index in [1.165, 1.54) is 19.0 Å². The minimum atomic E-state index is -1.14. The number of hydrogen-bond acceptors (Lipinski definition) is 5. The number of rotatable bonds is 4. The zero-order chi connectivity index (χ0) is 17.3. The van der Waals surface area contributed by atoms with Gasteiger partial charge in [-0.1, -0.05) is 6.07 Å². The fourth-order valence-corrected chi connectivity index (χ4v) is 3.69. The van der Waals surface area contributed by atoms with Gasteiger partial charge >= 0.3 is 0 Å². The molecule has 1 aromatic carbocycles. The largest absolute Gasteiger partial charge is 0.490 e. The quantitative estimate of drug-likeness (QED) is 0.885. The number of aromatic amines is 1. The number of benzene rings is 1. The molecule has 1 amide bonds. The van der Waals surface area contributed by atoms with Crippen LogP contribution >= 0.6 is 0 Å². The van der Waals surface area contributed by atoms with Crippen molar-refractivity contribution < 1.29 is 14.6 Å². The first-order valence-electron chi connectivity index (χ1n) is 8.79. The average Bonchev–Trinajstić information content (AvgIpc) is 3.36. The molecule has 4 rings (SSSR count). The first-order valence-corrected chi connectivity index (χ1v) is 8.79. The van der Waals surface area contributed by atoms with E-state index in [0.717, 1.165) is 18.6 Å². The average molecular weight is 342 g/mol. The van der Waals surface area contributed by atoms with Crippen molar-refractivity contribution in [3.63, 3.8) is 0 Å². The molecule has 2 heterocycles. The van der Waals surface area contributed by atoms with Gasteiger partial charge in [-0.25, -0.2) is 0 Å². The smallest absolute Gasteiger partial charge is 0.254 e. The lowest BCUT2D eigenvalue weighted by Gasteiger charge is -2.21. The van der Waals surface area contributed by atoms with Gasteiger partial charge in [-0.15, -0.1) is 0 Å². The maximum atomic E-state index is 12.8. The summed E-state index contributed by atoms with van der Waals surface area (Å²) < 4.78 is 5.99. The van der Waals surface area contributed by atoms with Crippen molar-refractivity contribution in [1.82, 2.24) is 20.3 Å². The molecule has 1 saturated carbocycles. The van der Waals surface area contributed by atoms with Crippen LogP contribution in [-0.4, -0.2) is 50.5 Å². The number of nitrogens with one attached hydrogen (secondary N) is 1. The standard InChI is InChI=1S/C18H22N4O3/c23-17(22-9-8-18(24,12-22)16-11-19-21-20-16)13-4-3-7-15(10-13)25-14-5-1-2-6-14/h3-4,7,10-11,14,24H,1-2,5-6,8-9,12H2,(H,19,20,21)/t18-/m0/s1. The number of ether oxygens (including phenoxy) is 1. The Morgan fingerprint density at radius 2 is 2.20 bits per heavy atom. The fraction of sp³-hybridized carbons (Fsp3) is 0.500. The number of β-amino-alcohol motifs (C(OH)–C–C–N with tert-alkyl or cyclic N) is 1. The molecule has 1 atom stereocenters. The molecule has 7 heteroatoms. The number of aliphatic hydroxyl groups is 1. The minimum absolute atomic E-state index is 0.101. The highest BCUT2D eigenvalue weighted by Gasteiger charge is 2.41. The van der Waals surface area contributed by atoms with Crippen LogP contribution in [0.4, 0.5) is 0 Å².